The molecule has 0 aliphatic rings. The van der Waals surface area contributed by atoms with E-state index in [0.717, 1.165) is 26.3 Å². The van der Waals surface area contributed by atoms with E-state index in [2.05, 4.69) is 5.32 Å². The molecule has 4 heteroatoms. The summed E-state index contributed by atoms with van der Waals surface area (Å²) in [5.41, 5.74) is 10.3. The van der Waals surface area contributed by atoms with Gasteiger partial charge < -0.3 is 21.5 Å². The van der Waals surface area contributed by atoms with Crippen LogP contribution in [0.15, 0.2) is 0 Å². The van der Waals surface area contributed by atoms with Gasteiger partial charge in [-0.15, -0.1) is 0 Å². The molecule has 0 heterocycles. The fourth-order valence-corrected chi connectivity index (χ4v) is 0.533. The molecular weight excluding hydrogens is 154 g/mol. The van der Waals surface area contributed by atoms with Gasteiger partial charge in [0, 0.05) is 39.4 Å². The molecule has 0 unspecified atom stereocenters. The summed E-state index contributed by atoms with van der Waals surface area (Å²) in [6.07, 6.45) is 0. The third-order valence-electron chi connectivity index (χ3n) is 1.05. The van der Waals surface area contributed by atoms with E-state index in [4.69, 9.17) is 16.2 Å². The Bertz CT molecular complexity index is 56.3. The monoisotopic (exact) mass is 177 g/mol. The van der Waals surface area contributed by atoms with Crippen molar-refractivity contribution in [1.82, 2.24) is 5.32 Å². The van der Waals surface area contributed by atoms with Crippen molar-refractivity contribution in [1.29, 1.82) is 0 Å². The van der Waals surface area contributed by atoms with Gasteiger partial charge in [0.2, 0.25) is 0 Å². The second kappa shape index (κ2) is 17.1. The zero-order chi connectivity index (χ0) is 9.66. The minimum Gasteiger partial charge on any atom is -0.382 e. The molecule has 0 aromatic rings. The molecular formula is C8H23N3O. The number of hydrogen-bond acceptors (Lipinski definition) is 4. The van der Waals surface area contributed by atoms with E-state index >= 15 is 0 Å². The van der Waals surface area contributed by atoms with Gasteiger partial charge in [0.1, 0.15) is 0 Å². The SMILES string of the molecule is CCOCC.NCCNCCN. The smallest absolute Gasteiger partial charge is 0.0437 e. The van der Waals surface area contributed by atoms with Crippen LogP contribution in [-0.2, 0) is 4.74 Å². The Morgan fingerprint density at radius 3 is 1.58 bits per heavy atom. The number of rotatable bonds is 6. The van der Waals surface area contributed by atoms with Crippen LogP contribution in [0.25, 0.3) is 0 Å². The van der Waals surface area contributed by atoms with Crippen LogP contribution in [0.1, 0.15) is 13.8 Å². The first-order chi connectivity index (χ1) is 5.83. The number of ether oxygens (including phenoxy) is 1. The molecule has 0 aromatic heterocycles. The first kappa shape index (κ1) is 14.4. The third kappa shape index (κ3) is 22.5. The summed E-state index contributed by atoms with van der Waals surface area (Å²) in [7, 11) is 0. The van der Waals surface area contributed by atoms with E-state index in [1.807, 2.05) is 13.8 Å². The summed E-state index contributed by atoms with van der Waals surface area (Å²) >= 11 is 0. The van der Waals surface area contributed by atoms with Crippen LogP contribution in [0.5, 0.6) is 0 Å². The Balaban J connectivity index is 0. The Morgan fingerprint density at radius 1 is 1.00 bits per heavy atom. The summed E-state index contributed by atoms with van der Waals surface area (Å²) in [6, 6.07) is 0. The summed E-state index contributed by atoms with van der Waals surface area (Å²) < 4.78 is 4.83. The lowest BCUT2D eigenvalue weighted by Crippen LogP contribution is -2.27. The minimum atomic E-state index is 0.694. The number of nitrogens with two attached hydrogens (primary N) is 2. The van der Waals surface area contributed by atoms with E-state index in [0.29, 0.717) is 13.1 Å². The highest BCUT2D eigenvalue weighted by molar-refractivity contribution is 4.45. The molecule has 0 aromatic carbocycles. The molecule has 4 nitrogen and oxygen atoms in total. The Morgan fingerprint density at radius 2 is 1.42 bits per heavy atom. The molecule has 0 atom stereocenters. The molecule has 12 heavy (non-hydrogen) atoms. The van der Waals surface area contributed by atoms with Crippen molar-refractivity contribution in [2.45, 2.75) is 13.8 Å². The molecule has 0 rings (SSSR count). The molecule has 0 aliphatic heterocycles. The highest BCUT2D eigenvalue weighted by atomic mass is 16.5. The first-order valence-corrected chi connectivity index (χ1v) is 4.52. The van der Waals surface area contributed by atoms with Gasteiger partial charge in [-0.05, 0) is 13.8 Å². The summed E-state index contributed by atoms with van der Waals surface area (Å²) in [4.78, 5) is 0. The zero-order valence-electron chi connectivity index (χ0n) is 8.31. The van der Waals surface area contributed by atoms with E-state index < -0.39 is 0 Å². The van der Waals surface area contributed by atoms with Gasteiger partial charge in [0.15, 0.2) is 0 Å². The van der Waals surface area contributed by atoms with E-state index in [1.165, 1.54) is 0 Å². The largest absolute Gasteiger partial charge is 0.382 e. The number of hydrogen-bond donors (Lipinski definition) is 3. The summed E-state index contributed by atoms with van der Waals surface area (Å²) in [5, 5.41) is 3.03. The molecule has 0 fully saturated rings. The fraction of sp³-hybridized carbons (Fsp3) is 1.00. The van der Waals surface area contributed by atoms with Crippen LogP contribution < -0.4 is 16.8 Å². The molecule has 0 bridgehead atoms. The van der Waals surface area contributed by atoms with Gasteiger partial charge in [-0.25, -0.2) is 0 Å². The van der Waals surface area contributed by atoms with Crippen molar-refractivity contribution in [3.8, 4) is 0 Å². The van der Waals surface area contributed by atoms with Crippen molar-refractivity contribution in [3.63, 3.8) is 0 Å². The molecule has 0 saturated heterocycles. The van der Waals surface area contributed by atoms with Gasteiger partial charge in [0.25, 0.3) is 0 Å². The second-order valence-corrected chi connectivity index (χ2v) is 2.11. The molecule has 0 aliphatic carbocycles. The lowest BCUT2D eigenvalue weighted by molar-refractivity contribution is 0.162. The van der Waals surface area contributed by atoms with E-state index in [9.17, 15) is 0 Å². The Kier molecular flexibility index (Phi) is 20.4. The van der Waals surface area contributed by atoms with Crippen LogP contribution in [0, 0.1) is 0 Å². The predicted octanol–water partition coefficient (Wildman–Crippen LogP) is -0.464. The second-order valence-electron chi connectivity index (χ2n) is 2.11. The normalized spacial score (nSPS) is 9.00. The van der Waals surface area contributed by atoms with Crippen LogP contribution in [0.3, 0.4) is 0 Å². The van der Waals surface area contributed by atoms with Gasteiger partial charge in [-0.3, -0.25) is 0 Å². The maximum Gasteiger partial charge on any atom is 0.0437 e. The standard InChI is InChI=1S/C4H13N3.C4H10O/c5-1-3-7-4-2-6;1-3-5-4-2/h7H,1-6H2;3-4H2,1-2H3. The highest BCUT2D eigenvalue weighted by Crippen LogP contribution is 1.64. The van der Waals surface area contributed by atoms with Crippen molar-refractivity contribution in [2.24, 2.45) is 11.5 Å². The van der Waals surface area contributed by atoms with E-state index in [-0.39, 0.29) is 0 Å². The van der Waals surface area contributed by atoms with Crippen LogP contribution in [0.2, 0.25) is 0 Å². The van der Waals surface area contributed by atoms with Crippen molar-refractivity contribution >= 4 is 0 Å². The number of nitrogens with one attached hydrogen (secondary N) is 1. The lowest BCUT2D eigenvalue weighted by atomic mass is 10.6. The van der Waals surface area contributed by atoms with Gasteiger partial charge >= 0.3 is 0 Å². The van der Waals surface area contributed by atoms with Crippen LogP contribution in [0.4, 0.5) is 0 Å². The van der Waals surface area contributed by atoms with Gasteiger partial charge in [-0.1, -0.05) is 0 Å². The average molecular weight is 177 g/mol. The average Bonchev–Trinajstić information content (AvgIpc) is 2.08. The van der Waals surface area contributed by atoms with Gasteiger partial charge in [0.05, 0.1) is 0 Å². The predicted molar refractivity (Wildman–Crippen MR) is 53.1 cm³/mol. The maximum atomic E-state index is 5.17. The van der Waals surface area contributed by atoms with Crippen molar-refractivity contribution < 1.29 is 4.74 Å². The zero-order valence-corrected chi connectivity index (χ0v) is 8.31. The molecule has 0 radical (unpaired) electrons. The van der Waals surface area contributed by atoms with Crippen molar-refractivity contribution in [3.05, 3.63) is 0 Å². The maximum absolute atomic E-state index is 5.17. The van der Waals surface area contributed by atoms with Crippen LogP contribution >= 0.6 is 0 Å². The molecule has 0 amide bonds. The highest BCUT2D eigenvalue weighted by Gasteiger charge is 1.76. The summed E-state index contributed by atoms with van der Waals surface area (Å²) in [5.74, 6) is 0. The van der Waals surface area contributed by atoms with Crippen molar-refractivity contribution in [2.75, 3.05) is 39.4 Å². The van der Waals surface area contributed by atoms with Gasteiger partial charge in [-0.2, -0.15) is 0 Å². The molecule has 76 valence electrons. The first-order valence-electron chi connectivity index (χ1n) is 4.52. The molecule has 0 saturated carbocycles. The topological polar surface area (TPSA) is 73.3 Å². The minimum absolute atomic E-state index is 0.694. The molecule has 5 N–H and O–H groups in total. The lowest BCUT2D eigenvalue weighted by Gasteiger charge is -1.95. The van der Waals surface area contributed by atoms with E-state index in [1.54, 1.807) is 0 Å². The summed E-state index contributed by atoms with van der Waals surface area (Å²) in [6.45, 7) is 8.80. The quantitative estimate of drug-likeness (QED) is 0.480. The van der Waals surface area contributed by atoms with Crippen LogP contribution in [-0.4, -0.2) is 39.4 Å². The Labute approximate surface area is 75.6 Å². The fourth-order valence-electron chi connectivity index (χ4n) is 0.533. The Hall–Kier alpha value is -0.160. The molecule has 0 spiro atoms. The third-order valence-corrected chi connectivity index (χ3v) is 1.05.